The molecule has 102 valence electrons. The lowest BCUT2D eigenvalue weighted by atomic mass is 9.94. The maximum atomic E-state index is 4.69. The van der Waals surface area contributed by atoms with Gasteiger partial charge in [0, 0.05) is 11.6 Å². The Bertz CT molecular complexity index is 692. The van der Waals surface area contributed by atoms with Gasteiger partial charge >= 0.3 is 0 Å². The molecule has 0 saturated heterocycles. The molecule has 0 bridgehead atoms. The Hall–Kier alpha value is -1.89. The number of fused-ring (bicyclic) bond motifs is 1. The second-order valence-corrected chi connectivity index (χ2v) is 6.03. The topological polar surface area (TPSA) is 12.9 Å². The van der Waals surface area contributed by atoms with Crippen LogP contribution in [0.5, 0.6) is 0 Å². The Balaban J connectivity index is 2.10. The summed E-state index contributed by atoms with van der Waals surface area (Å²) in [5, 5.41) is 2.56. The molecule has 20 heavy (non-hydrogen) atoms. The van der Waals surface area contributed by atoms with Crippen molar-refractivity contribution in [1.82, 2.24) is 4.98 Å². The smallest absolute Gasteiger partial charge is 0.0705 e. The van der Waals surface area contributed by atoms with Gasteiger partial charge in [0.1, 0.15) is 0 Å². The first kappa shape index (κ1) is 13.1. The average Bonchev–Trinajstić information content (AvgIpc) is 2.46. The van der Waals surface area contributed by atoms with Crippen LogP contribution in [0.2, 0.25) is 0 Å². The molecule has 1 aromatic heterocycles. The third-order valence-corrected chi connectivity index (χ3v) is 3.99. The van der Waals surface area contributed by atoms with Gasteiger partial charge in [-0.1, -0.05) is 57.2 Å². The van der Waals surface area contributed by atoms with E-state index in [2.05, 4.69) is 68.2 Å². The van der Waals surface area contributed by atoms with Crippen LogP contribution in [0.3, 0.4) is 0 Å². The van der Waals surface area contributed by atoms with Crippen molar-refractivity contribution in [2.24, 2.45) is 5.92 Å². The molecule has 1 aromatic carbocycles. The summed E-state index contributed by atoms with van der Waals surface area (Å²) >= 11 is 0. The van der Waals surface area contributed by atoms with Gasteiger partial charge in [-0.3, -0.25) is 4.98 Å². The SMILES string of the molecule is CC1C=C(c2cc3cccc(C(C)C)c3cn2)C=CC1. The van der Waals surface area contributed by atoms with Crippen molar-refractivity contribution >= 4 is 16.3 Å². The van der Waals surface area contributed by atoms with Gasteiger partial charge in [-0.15, -0.1) is 0 Å². The lowest BCUT2D eigenvalue weighted by Gasteiger charge is -2.14. The summed E-state index contributed by atoms with van der Waals surface area (Å²) in [6, 6.07) is 8.75. The van der Waals surface area contributed by atoms with Crippen LogP contribution in [0, 0.1) is 5.92 Å². The van der Waals surface area contributed by atoms with E-state index in [-0.39, 0.29) is 0 Å². The zero-order valence-electron chi connectivity index (χ0n) is 12.4. The van der Waals surface area contributed by atoms with Gasteiger partial charge < -0.3 is 0 Å². The van der Waals surface area contributed by atoms with Crippen molar-refractivity contribution in [3.8, 4) is 0 Å². The van der Waals surface area contributed by atoms with Crippen LogP contribution in [0.15, 0.2) is 48.7 Å². The van der Waals surface area contributed by atoms with Crippen LogP contribution in [0.25, 0.3) is 16.3 Å². The number of nitrogens with zero attached hydrogens (tertiary/aromatic N) is 1. The highest BCUT2D eigenvalue weighted by atomic mass is 14.7. The number of aromatic nitrogens is 1. The standard InChI is InChI=1S/C19H21N/c1-13(2)17-9-5-7-15-11-19(20-12-18(15)17)16-8-4-6-14(3)10-16/h4-5,7-14H,6H2,1-3H3. The van der Waals surface area contributed by atoms with Gasteiger partial charge in [0.25, 0.3) is 0 Å². The number of pyridine rings is 1. The molecule has 2 aromatic rings. The molecule has 1 aliphatic carbocycles. The third kappa shape index (κ3) is 2.40. The normalized spacial score (nSPS) is 18.6. The Kier molecular flexibility index (Phi) is 3.43. The first-order valence-electron chi connectivity index (χ1n) is 7.42. The van der Waals surface area contributed by atoms with Gasteiger partial charge in [0.2, 0.25) is 0 Å². The molecular formula is C19H21N. The monoisotopic (exact) mass is 263 g/mol. The van der Waals surface area contributed by atoms with Crippen molar-refractivity contribution in [3.05, 3.63) is 59.9 Å². The molecule has 0 fully saturated rings. The first-order chi connectivity index (χ1) is 9.65. The molecule has 0 N–H and O–H groups in total. The zero-order valence-corrected chi connectivity index (χ0v) is 12.4. The number of allylic oxidation sites excluding steroid dienone is 4. The second-order valence-electron chi connectivity index (χ2n) is 6.03. The van der Waals surface area contributed by atoms with Gasteiger partial charge in [0.15, 0.2) is 0 Å². The summed E-state index contributed by atoms with van der Waals surface area (Å²) in [4.78, 5) is 4.69. The number of benzene rings is 1. The van der Waals surface area contributed by atoms with Gasteiger partial charge in [-0.25, -0.2) is 0 Å². The molecule has 1 nitrogen and oxygen atoms in total. The number of hydrogen-bond acceptors (Lipinski definition) is 1. The highest BCUT2D eigenvalue weighted by Crippen LogP contribution is 2.28. The van der Waals surface area contributed by atoms with E-state index in [9.17, 15) is 0 Å². The molecule has 0 amide bonds. The molecule has 0 radical (unpaired) electrons. The van der Waals surface area contributed by atoms with Crippen molar-refractivity contribution in [3.63, 3.8) is 0 Å². The fourth-order valence-corrected chi connectivity index (χ4v) is 2.87. The summed E-state index contributed by atoms with van der Waals surface area (Å²) in [7, 11) is 0. The maximum Gasteiger partial charge on any atom is 0.0705 e. The minimum Gasteiger partial charge on any atom is -0.256 e. The number of hydrogen-bond donors (Lipinski definition) is 0. The largest absolute Gasteiger partial charge is 0.256 e. The Morgan fingerprint density at radius 1 is 1.25 bits per heavy atom. The van der Waals surface area contributed by atoms with E-state index in [0.29, 0.717) is 11.8 Å². The molecule has 1 aliphatic rings. The van der Waals surface area contributed by atoms with Gasteiger partial charge in [0.05, 0.1) is 5.69 Å². The van der Waals surface area contributed by atoms with Crippen LogP contribution >= 0.6 is 0 Å². The Morgan fingerprint density at radius 2 is 2.10 bits per heavy atom. The van der Waals surface area contributed by atoms with Crippen LogP contribution in [0.4, 0.5) is 0 Å². The summed E-state index contributed by atoms with van der Waals surface area (Å²) in [5.74, 6) is 1.13. The van der Waals surface area contributed by atoms with Crippen molar-refractivity contribution in [2.45, 2.75) is 33.1 Å². The van der Waals surface area contributed by atoms with E-state index in [1.165, 1.54) is 21.9 Å². The van der Waals surface area contributed by atoms with Crippen LogP contribution < -0.4 is 0 Å². The van der Waals surface area contributed by atoms with E-state index in [1.54, 1.807) is 0 Å². The predicted molar refractivity (Wildman–Crippen MR) is 86.7 cm³/mol. The molecule has 1 unspecified atom stereocenters. The summed E-state index contributed by atoms with van der Waals surface area (Å²) in [5.41, 5.74) is 3.71. The van der Waals surface area contributed by atoms with E-state index in [0.717, 1.165) is 12.1 Å². The van der Waals surface area contributed by atoms with Crippen LogP contribution in [-0.4, -0.2) is 4.98 Å². The molecule has 1 heteroatoms. The van der Waals surface area contributed by atoms with E-state index in [1.807, 2.05) is 6.20 Å². The molecule has 0 aliphatic heterocycles. The first-order valence-corrected chi connectivity index (χ1v) is 7.42. The van der Waals surface area contributed by atoms with E-state index < -0.39 is 0 Å². The molecular weight excluding hydrogens is 242 g/mol. The number of rotatable bonds is 2. The molecule has 3 rings (SSSR count). The lowest BCUT2D eigenvalue weighted by molar-refractivity contribution is 0.739. The summed E-state index contributed by atoms with van der Waals surface area (Å²) in [6.07, 6.45) is 9.93. The van der Waals surface area contributed by atoms with Gasteiger partial charge in [-0.2, -0.15) is 0 Å². The molecule has 0 spiro atoms. The third-order valence-electron chi connectivity index (χ3n) is 3.99. The van der Waals surface area contributed by atoms with Crippen molar-refractivity contribution in [2.75, 3.05) is 0 Å². The molecule has 1 heterocycles. The summed E-state index contributed by atoms with van der Waals surface area (Å²) < 4.78 is 0. The van der Waals surface area contributed by atoms with E-state index >= 15 is 0 Å². The predicted octanol–water partition coefficient (Wildman–Crippen LogP) is 5.34. The minimum atomic E-state index is 0.528. The Labute approximate surface area is 121 Å². The lowest BCUT2D eigenvalue weighted by Crippen LogP contribution is -1.97. The average molecular weight is 263 g/mol. The maximum absolute atomic E-state index is 4.69. The highest BCUT2D eigenvalue weighted by molar-refractivity contribution is 5.88. The van der Waals surface area contributed by atoms with Gasteiger partial charge in [-0.05, 0) is 40.8 Å². The molecule has 0 saturated carbocycles. The summed E-state index contributed by atoms with van der Waals surface area (Å²) in [6.45, 7) is 6.72. The second kappa shape index (κ2) is 5.24. The Morgan fingerprint density at radius 3 is 2.85 bits per heavy atom. The van der Waals surface area contributed by atoms with E-state index in [4.69, 9.17) is 0 Å². The quantitative estimate of drug-likeness (QED) is 0.713. The fraction of sp³-hybridized carbons (Fsp3) is 0.316. The zero-order chi connectivity index (χ0) is 14.1. The highest BCUT2D eigenvalue weighted by Gasteiger charge is 2.10. The van der Waals surface area contributed by atoms with Crippen molar-refractivity contribution in [1.29, 1.82) is 0 Å². The fourth-order valence-electron chi connectivity index (χ4n) is 2.87. The molecule has 1 atom stereocenters. The van der Waals surface area contributed by atoms with Crippen LogP contribution in [0.1, 0.15) is 44.4 Å². The minimum absolute atomic E-state index is 0.528. The van der Waals surface area contributed by atoms with Crippen LogP contribution in [-0.2, 0) is 0 Å². The van der Waals surface area contributed by atoms with Crippen molar-refractivity contribution < 1.29 is 0 Å².